The van der Waals surface area contributed by atoms with Crippen molar-refractivity contribution in [2.75, 3.05) is 0 Å². The summed E-state index contributed by atoms with van der Waals surface area (Å²) < 4.78 is 5.56. The predicted molar refractivity (Wildman–Crippen MR) is 70.5 cm³/mol. The Bertz CT molecular complexity index is 479. The summed E-state index contributed by atoms with van der Waals surface area (Å²) in [5.74, 6) is 0.582. The molecule has 0 bridgehead atoms. The van der Waals surface area contributed by atoms with Crippen LogP contribution in [0.4, 0.5) is 0 Å². The summed E-state index contributed by atoms with van der Waals surface area (Å²) >= 11 is 1.68. The number of nitrogens with one attached hydrogen (secondary N) is 1. The molecule has 18 heavy (non-hydrogen) atoms. The molecule has 0 saturated heterocycles. The van der Waals surface area contributed by atoms with Crippen LogP contribution < -0.4 is 10.1 Å². The molecule has 0 radical (unpaired) electrons. The molecule has 2 heterocycles. The lowest BCUT2D eigenvalue weighted by Gasteiger charge is -2.04. The maximum Gasteiger partial charge on any atom is 0.233 e. The smallest absolute Gasteiger partial charge is 0.233 e. The Balaban J connectivity index is 1.50. The first kappa shape index (κ1) is 11.6. The molecular formula is C13H15N3OS. The monoisotopic (exact) mass is 261 g/mol. The zero-order chi connectivity index (χ0) is 12.2. The van der Waals surface area contributed by atoms with Crippen molar-refractivity contribution >= 4 is 11.3 Å². The van der Waals surface area contributed by atoms with Gasteiger partial charge >= 0.3 is 0 Å². The Kier molecular flexibility index (Phi) is 3.52. The van der Waals surface area contributed by atoms with E-state index in [2.05, 4.69) is 15.5 Å². The zero-order valence-corrected chi connectivity index (χ0v) is 10.8. The number of thiophene rings is 1. The Morgan fingerprint density at radius 2 is 2.22 bits per heavy atom. The lowest BCUT2D eigenvalue weighted by atomic mass is 10.4. The van der Waals surface area contributed by atoms with Crippen LogP contribution in [0.15, 0.2) is 29.6 Å². The molecule has 94 valence electrons. The van der Waals surface area contributed by atoms with Crippen LogP contribution in [0, 0.1) is 0 Å². The van der Waals surface area contributed by atoms with Crippen molar-refractivity contribution in [1.29, 1.82) is 0 Å². The van der Waals surface area contributed by atoms with E-state index in [9.17, 15) is 0 Å². The fourth-order valence-corrected chi connectivity index (χ4v) is 2.21. The quantitative estimate of drug-likeness (QED) is 0.867. The molecular weight excluding hydrogens is 246 g/mol. The number of aromatic nitrogens is 2. The van der Waals surface area contributed by atoms with E-state index < -0.39 is 0 Å². The first-order valence-electron chi connectivity index (χ1n) is 6.11. The Morgan fingerprint density at radius 1 is 1.28 bits per heavy atom. The Morgan fingerprint density at radius 3 is 2.89 bits per heavy atom. The van der Waals surface area contributed by atoms with Gasteiger partial charge in [0.1, 0.15) is 6.61 Å². The molecule has 2 aromatic rings. The summed E-state index contributed by atoms with van der Waals surface area (Å²) in [6.45, 7) is 1.36. The van der Waals surface area contributed by atoms with Crippen molar-refractivity contribution in [3.63, 3.8) is 0 Å². The number of hydrogen-bond acceptors (Lipinski definition) is 5. The van der Waals surface area contributed by atoms with Crippen LogP contribution in [0.25, 0.3) is 0 Å². The number of nitrogens with zero attached hydrogens (tertiary/aromatic N) is 2. The minimum Gasteiger partial charge on any atom is -0.471 e. The normalized spacial score (nSPS) is 14.7. The maximum absolute atomic E-state index is 5.56. The van der Waals surface area contributed by atoms with Gasteiger partial charge in [0.15, 0.2) is 0 Å². The molecule has 1 aliphatic rings. The molecule has 1 aliphatic carbocycles. The zero-order valence-electron chi connectivity index (χ0n) is 10.0. The topological polar surface area (TPSA) is 47.0 Å². The number of ether oxygens (including phenoxy) is 1. The summed E-state index contributed by atoms with van der Waals surface area (Å²) in [5.41, 5.74) is 0.963. The second-order valence-corrected chi connectivity index (χ2v) is 5.42. The van der Waals surface area contributed by atoms with Gasteiger partial charge < -0.3 is 10.1 Å². The predicted octanol–water partition coefficient (Wildman–Crippen LogP) is 2.37. The molecule has 0 amide bonds. The highest BCUT2D eigenvalue weighted by molar-refractivity contribution is 7.09. The molecule has 1 saturated carbocycles. The van der Waals surface area contributed by atoms with Crippen molar-refractivity contribution < 1.29 is 4.74 Å². The van der Waals surface area contributed by atoms with E-state index in [-0.39, 0.29) is 0 Å². The maximum atomic E-state index is 5.56. The van der Waals surface area contributed by atoms with Gasteiger partial charge in [0, 0.05) is 23.5 Å². The van der Waals surface area contributed by atoms with Gasteiger partial charge in [-0.2, -0.15) is 5.10 Å². The second-order valence-electron chi connectivity index (χ2n) is 4.39. The summed E-state index contributed by atoms with van der Waals surface area (Å²) in [5, 5.41) is 13.7. The van der Waals surface area contributed by atoms with Crippen LogP contribution in [0.5, 0.6) is 5.88 Å². The largest absolute Gasteiger partial charge is 0.471 e. The molecule has 1 N–H and O–H groups in total. The lowest BCUT2D eigenvalue weighted by molar-refractivity contribution is 0.293. The van der Waals surface area contributed by atoms with Crippen LogP contribution in [0.1, 0.15) is 23.4 Å². The van der Waals surface area contributed by atoms with Crippen molar-refractivity contribution in [2.24, 2.45) is 0 Å². The molecule has 0 aliphatic heterocycles. The van der Waals surface area contributed by atoms with E-state index in [1.165, 1.54) is 17.7 Å². The fourth-order valence-electron chi connectivity index (χ4n) is 1.60. The highest BCUT2D eigenvalue weighted by atomic mass is 32.1. The first-order chi connectivity index (χ1) is 8.90. The van der Waals surface area contributed by atoms with Crippen molar-refractivity contribution in [3.8, 4) is 5.88 Å². The fraction of sp³-hybridized carbons (Fsp3) is 0.385. The van der Waals surface area contributed by atoms with Gasteiger partial charge in [0.25, 0.3) is 0 Å². The Labute approximate surface area is 110 Å². The van der Waals surface area contributed by atoms with Gasteiger partial charge in [0.2, 0.25) is 5.88 Å². The third-order valence-electron chi connectivity index (χ3n) is 2.79. The molecule has 2 aromatic heterocycles. The minimum absolute atomic E-state index is 0.562. The van der Waals surface area contributed by atoms with E-state index in [1.807, 2.05) is 29.6 Å². The molecule has 0 aromatic carbocycles. The molecule has 5 heteroatoms. The van der Waals surface area contributed by atoms with Gasteiger partial charge in [-0.3, -0.25) is 0 Å². The molecule has 0 atom stereocenters. The third kappa shape index (κ3) is 3.27. The van der Waals surface area contributed by atoms with Crippen molar-refractivity contribution in [1.82, 2.24) is 15.5 Å². The summed E-state index contributed by atoms with van der Waals surface area (Å²) in [6, 6.07) is 8.60. The number of rotatable bonds is 6. The average Bonchev–Trinajstić information content (AvgIpc) is 3.09. The minimum atomic E-state index is 0.562. The van der Waals surface area contributed by atoms with Crippen LogP contribution in [0.2, 0.25) is 0 Å². The average molecular weight is 261 g/mol. The van der Waals surface area contributed by atoms with E-state index in [0.717, 1.165) is 12.2 Å². The molecule has 4 nitrogen and oxygen atoms in total. The Hall–Kier alpha value is -1.46. The van der Waals surface area contributed by atoms with Crippen LogP contribution >= 0.6 is 11.3 Å². The summed E-state index contributed by atoms with van der Waals surface area (Å²) in [7, 11) is 0. The van der Waals surface area contributed by atoms with Crippen molar-refractivity contribution in [2.45, 2.75) is 32.0 Å². The van der Waals surface area contributed by atoms with Crippen molar-refractivity contribution in [3.05, 3.63) is 40.2 Å². The van der Waals surface area contributed by atoms with Crippen LogP contribution in [-0.2, 0) is 13.2 Å². The van der Waals surface area contributed by atoms with E-state index in [4.69, 9.17) is 4.74 Å². The second kappa shape index (κ2) is 5.46. The van der Waals surface area contributed by atoms with Gasteiger partial charge in [-0.25, -0.2) is 0 Å². The molecule has 0 spiro atoms. The molecule has 3 rings (SSSR count). The highest BCUT2D eigenvalue weighted by Crippen LogP contribution is 2.19. The number of hydrogen-bond donors (Lipinski definition) is 1. The first-order valence-corrected chi connectivity index (χ1v) is 6.99. The van der Waals surface area contributed by atoms with Gasteiger partial charge in [-0.05, 0) is 30.4 Å². The standard InChI is InChI=1S/C13H15N3OS/c1-2-12(18-7-1)9-17-13-6-5-11(15-16-13)8-14-10-3-4-10/h1-2,5-7,10,14H,3-4,8-9H2. The molecule has 1 fully saturated rings. The SMILES string of the molecule is c1csc(COc2ccc(CNC3CC3)nn2)c1. The van der Waals surface area contributed by atoms with Gasteiger partial charge in [-0.15, -0.1) is 16.4 Å². The van der Waals surface area contributed by atoms with Crippen LogP contribution in [-0.4, -0.2) is 16.2 Å². The summed E-state index contributed by atoms with van der Waals surface area (Å²) in [6.07, 6.45) is 2.57. The van der Waals surface area contributed by atoms with Gasteiger partial charge in [-0.1, -0.05) is 6.07 Å². The van der Waals surface area contributed by atoms with E-state index in [1.54, 1.807) is 11.3 Å². The van der Waals surface area contributed by atoms with E-state index >= 15 is 0 Å². The third-order valence-corrected chi connectivity index (χ3v) is 3.64. The van der Waals surface area contributed by atoms with E-state index in [0.29, 0.717) is 18.5 Å². The van der Waals surface area contributed by atoms with Crippen LogP contribution in [0.3, 0.4) is 0 Å². The summed E-state index contributed by atoms with van der Waals surface area (Å²) in [4.78, 5) is 1.19. The lowest BCUT2D eigenvalue weighted by Crippen LogP contribution is -2.16. The molecule has 0 unspecified atom stereocenters. The van der Waals surface area contributed by atoms with Gasteiger partial charge in [0.05, 0.1) is 5.69 Å². The highest BCUT2D eigenvalue weighted by Gasteiger charge is 2.20.